The van der Waals surface area contributed by atoms with Gasteiger partial charge in [0.15, 0.2) is 0 Å². The van der Waals surface area contributed by atoms with Gasteiger partial charge in [-0.1, -0.05) is 128 Å². The minimum atomic E-state index is 1.18. The highest BCUT2D eigenvalue weighted by Gasteiger charge is 1.99. The van der Waals surface area contributed by atoms with Gasteiger partial charge in [-0.2, -0.15) is 0 Å². The van der Waals surface area contributed by atoms with Crippen molar-refractivity contribution in [1.29, 1.82) is 0 Å². The van der Waals surface area contributed by atoms with E-state index in [4.69, 9.17) is 0 Å². The zero-order valence-electron chi connectivity index (χ0n) is 14.8. The summed E-state index contributed by atoms with van der Waals surface area (Å²) >= 11 is 0. The summed E-state index contributed by atoms with van der Waals surface area (Å²) in [5.41, 5.74) is 6.21. The highest BCUT2D eigenvalue weighted by atomic mass is 14.0. The van der Waals surface area contributed by atoms with Gasteiger partial charge in [-0.15, -0.1) is 0 Å². The number of hydrogen-bond acceptors (Lipinski definition) is 0. The van der Waals surface area contributed by atoms with Crippen LogP contribution in [-0.4, -0.2) is 0 Å². The molecule has 0 heteroatoms. The molecule has 0 aliphatic rings. The first-order valence-electron chi connectivity index (χ1n) is 8.76. The van der Waals surface area contributed by atoms with Gasteiger partial charge in [0, 0.05) is 0 Å². The van der Waals surface area contributed by atoms with Crippen molar-refractivity contribution in [3.05, 3.63) is 127 Å². The van der Waals surface area contributed by atoms with Gasteiger partial charge in [-0.3, -0.25) is 0 Å². The second kappa shape index (κ2) is 9.19. The van der Waals surface area contributed by atoms with Crippen LogP contribution in [0.5, 0.6) is 0 Å². The fourth-order valence-corrected chi connectivity index (χ4v) is 2.82. The highest BCUT2D eigenvalue weighted by molar-refractivity contribution is 5.74. The molecule has 0 aromatic heterocycles. The van der Waals surface area contributed by atoms with Gasteiger partial charge in [0.25, 0.3) is 0 Å². The summed E-state index contributed by atoms with van der Waals surface area (Å²) in [6.45, 7) is 3.82. The van der Waals surface area contributed by atoms with Crippen LogP contribution in [0.15, 0.2) is 122 Å². The first kappa shape index (κ1) is 17.4. The molecule has 0 saturated heterocycles. The van der Waals surface area contributed by atoms with Crippen molar-refractivity contribution < 1.29 is 0 Å². The molecular weight excluding hydrogens is 312 g/mol. The minimum absolute atomic E-state index is 1.18. The van der Waals surface area contributed by atoms with Crippen molar-refractivity contribution in [3.8, 4) is 22.3 Å². The fourth-order valence-electron chi connectivity index (χ4n) is 2.82. The number of hydrogen-bond donors (Lipinski definition) is 0. The van der Waals surface area contributed by atoms with Gasteiger partial charge in [0.1, 0.15) is 0 Å². The van der Waals surface area contributed by atoms with Crippen molar-refractivity contribution >= 4 is 6.08 Å². The molecule has 0 saturated carbocycles. The molecule has 0 atom stereocenters. The van der Waals surface area contributed by atoms with Crippen LogP contribution in [0.3, 0.4) is 0 Å². The molecule has 4 rings (SSSR count). The van der Waals surface area contributed by atoms with Gasteiger partial charge >= 0.3 is 0 Å². The normalized spacial score (nSPS) is 9.69. The van der Waals surface area contributed by atoms with E-state index in [0.29, 0.717) is 0 Å². The van der Waals surface area contributed by atoms with Gasteiger partial charge in [0.05, 0.1) is 0 Å². The molecule has 0 heterocycles. The second-order valence-electron chi connectivity index (χ2n) is 5.89. The summed E-state index contributed by atoms with van der Waals surface area (Å²) in [4.78, 5) is 0. The monoisotopic (exact) mass is 334 g/mol. The largest absolute Gasteiger partial charge is 0.0984 e. The quantitative estimate of drug-likeness (QED) is 0.367. The summed E-state index contributed by atoms with van der Waals surface area (Å²) < 4.78 is 0. The van der Waals surface area contributed by atoms with E-state index < -0.39 is 0 Å². The van der Waals surface area contributed by atoms with Crippen LogP contribution in [0.2, 0.25) is 0 Å². The van der Waals surface area contributed by atoms with Crippen LogP contribution >= 0.6 is 0 Å². The van der Waals surface area contributed by atoms with Gasteiger partial charge in [0.2, 0.25) is 0 Å². The molecule has 0 radical (unpaired) electrons. The Morgan fingerprint density at radius 3 is 1.27 bits per heavy atom. The van der Waals surface area contributed by atoms with Gasteiger partial charge in [-0.25, -0.2) is 0 Å². The molecule has 0 amide bonds. The molecule has 0 fully saturated rings. The van der Waals surface area contributed by atoms with E-state index in [1.807, 2.05) is 30.3 Å². The second-order valence-corrected chi connectivity index (χ2v) is 5.89. The smallest absolute Gasteiger partial charge is 0.0112 e. The average molecular weight is 334 g/mol. The molecule has 26 heavy (non-hydrogen) atoms. The molecule has 126 valence electrons. The molecule has 0 aliphatic carbocycles. The maximum Gasteiger partial charge on any atom is -0.0112 e. The Morgan fingerprint density at radius 2 is 0.808 bits per heavy atom. The maximum absolute atomic E-state index is 3.82. The zero-order valence-corrected chi connectivity index (χ0v) is 14.8. The Hall–Kier alpha value is -3.38. The van der Waals surface area contributed by atoms with Gasteiger partial charge < -0.3 is 0 Å². The maximum atomic E-state index is 3.82. The first-order chi connectivity index (χ1) is 12.9. The molecule has 0 bridgehead atoms. The van der Waals surface area contributed by atoms with E-state index in [2.05, 4.69) is 97.6 Å². The topological polar surface area (TPSA) is 0 Å². The Morgan fingerprint density at radius 1 is 0.423 bits per heavy atom. The number of benzene rings is 4. The lowest BCUT2D eigenvalue weighted by atomic mass is 10.00. The molecule has 0 spiro atoms. The van der Waals surface area contributed by atoms with E-state index in [1.165, 1.54) is 27.8 Å². The lowest BCUT2D eigenvalue weighted by molar-refractivity contribution is 1.59. The first-order valence-corrected chi connectivity index (χ1v) is 8.76. The van der Waals surface area contributed by atoms with E-state index in [9.17, 15) is 0 Å². The Balaban J connectivity index is 0.000000152. The third-order valence-electron chi connectivity index (χ3n) is 4.15. The molecule has 0 nitrogen and oxygen atoms in total. The molecular formula is C26H22. The highest BCUT2D eigenvalue weighted by Crippen LogP contribution is 2.23. The van der Waals surface area contributed by atoms with Crippen molar-refractivity contribution in [2.75, 3.05) is 0 Å². The summed E-state index contributed by atoms with van der Waals surface area (Å²) in [5, 5.41) is 0. The van der Waals surface area contributed by atoms with E-state index in [1.54, 1.807) is 0 Å². The Labute approximate surface area is 156 Å². The van der Waals surface area contributed by atoms with Crippen LogP contribution in [0.4, 0.5) is 0 Å². The molecule has 4 aromatic carbocycles. The SMILES string of the molecule is C=Cc1ccccc1-c1ccccc1.c1ccc(-c2ccccc2)cc1. The van der Waals surface area contributed by atoms with Crippen LogP contribution < -0.4 is 0 Å². The Kier molecular flexibility index (Phi) is 6.17. The van der Waals surface area contributed by atoms with Gasteiger partial charge in [-0.05, 0) is 27.8 Å². The predicted octanol–water partition coefficient (Wildman–Crippen LogP) is 7.35. The Bertz CT molecular complexity index is 886. The lowest BCUT2D eigenvalue weighted by Gasteiger charge is -2.04. The van der Waals surface area contributed by atoms with Crippen LogP contribution in [0, 0.1) is 0 Å². The lowest BCUT2D eigenvalue weighted by Crippen LogP contribution is -1.81. The average Bonchev–Trinajstić information content (AvgIpc) is 2.76. The van der Waals surface area contributed by atoms with E-state index in [-0.39, 0.29) is 0 Å². The van der Waals surface area contributed by atoms with E-state index in [0.717, 1.165) is 0 Å². The standard InChI is InChI=1S/C14H12.C12H10/c1-2-12-8-6-7-11-14(12)13-9-4-3-5-10-13;1-3-7-11(8-4-1)12-9-5-2-6-10-12/h2-11H,1H2;1-10H. The summed E-state index contributed by atoms with van der Waals surface area (Å²) in [7, 11) is 0. The summed E-state index contributed by atoms with van der Waals surface area (Å²) in [6.07, 6.45) is 1.89. The van der Waals surface area contributed by atoms with Crippen molar-refractivity contribution in [2.24, 2.45) is 0 Å². The molecule has 0 aliphatic heterocycles. The third kappa shape index (κ3) is 4.58. The fraction of sp³-hybridized carbons (Fsp3) is 0. The third-order valence-corrected chi connectivity index (χ3v) is 4.15. The van der Waals surface area contributed by atoms with E-state index >= 15 is 0 Å². The molecule has 4 aromatic rings. The predicted molar refractivity (Wildman–Crippen MR) is 114 cm³/mol. The minimum Gasteiger partial charge on any atom is -0.0984 e. The van der Waals surface area contributed by atoms with Crippen LogP contribution in [0.1, 0.15) is 5.56 Å². The number of rotatable bonds is 3. The summed E-state index contributed by atoms with van der Waals surface area (Å²) in [5.74, 6) is 0. The van der Waals surface area contributed by atoms with Crippen LogP contribution in [0.25, 0.3) is 28.3 Å². The van der Waals surface area contributed by atoms with Crippen LogP contribution in [-0.2, 0) is 0 Å². The molecule has 0 unspecified atom stereocenters. The van der Waals surface area contributed by atoms with Crippen molar-refractivity contribution in [1.82, 2.24) is 0 Å². The van der Waals surface area contributed by atoms with Crippen molar-refractivity contribution in [3.63, 3.8) is 0 Å². The zero-order chi connectivity index (χ0) is 18.0. The van der Waals surface area contributed by atoms with Crippen molar-refractivity contribution in [2.45, 2.75) is 0 Å². The summed E-state index contributed by atoms with van der Waals surface area (Å²) in [6, 6.07) is 39.4. The molecule has 0 N–H and O–H groups in total.